The smallest absolute Gasteiger partial charge is 0.358 e. The Morgan fingerprint density at radius 2 is 2.22 bits per heavy atom. The molecule has 2 heterocycles. The quantitative estimate of drug-likeness (QED) is 0.720. The molecule has 0 aliphatic heterocycles. The molecule has 0 saturated carbocycles. The van der Waals surface area contributed by atoms with Crippen LogP contribution in [-0.2, 0) is 0 Å². The third-order valence-electron chi connectivity index (χ3n) is 2.69. The van der Waals surface area contributed by atoms with Crippen molar-refractivity contribution >= 4 is 16.9 Å². The number of hydrogen-bond donors (Lipinski definition) is 2. The lowest BCUT2D eigenvalue weighted by Crippen LogP contribution is -1.99. The molecule has 0 spiro atoms. The highest BCUT2D eigenvalue weighted by atomic mass is 16.4. The predicted octanol–water partition coefficient (Wildman–Crippen LogP) is 2.22. The van der Waals surface area contributed by atoms with E-state index in [4.69, 9.17) is 9.52 Å². The molecule has 6 nitrogen and oxygen atoms in total. The van der Waals surface area contributed by atoms with E-state index in [1.807, 2.05) is 19.1 Å². The Hall–Kier alpha value is -2.63. The van der Waals surface area contributed by atoms with E-state index in [-0.39, 0.29) is 5.69 Å². The van der Waals surface area contributed by atoms with Crippen molar-refractivity contribution in [1.82, 2.24) is 15.4 Å². The first-order chi connectivity index (χ1) is 8.66. The van der Waals surface area contributed by atoms with E-state index >= 15 is 0 Å². The molecule has 0 saturated heterocycles. The third-order valence-corrected chi connectivity index (χ3v) is 2.69. The van der Waals surface area contributed by atoms with Crippen LogP contribution in [0.5, 0.6) is 0 Å². The summed E-state index contributed by atoms with van der Waals surface area (Å²) in [5, 5.41) is 19.8. The fraction of sp³-hybridized carbons (Fsp3) is 0.0833. The lowest BCUT2D eigenvalue weighted by atomic mass is 10.1. The van der Waals surface area contributed by atoms with Crippen molar-refractivity contribution in [2.75, 3.05) is 0 Å². The maximum absolute atomic E-state index is 11.1. The van der Waals surface area contributed by atoms with Crippen LogP contribution in [-0.4, -0.2) is 26.5 Å². The summed E-state index contributed by atoms with van der Waals surface area (Å²) in [5.74, 6) is -0.353. The summed E-state index contributed by atoms with van der Waals surface area (Å²) < 4.78 is 5.50. The highest BCUT2D eigenvalue weighted by Gasteiger charge is 2.19. The number of benzene rings is 1. The molecule has 3 aromatic rings. The third kappa shape index (κ3) is 1.46. The van der Waals surface area contributed by atoms with Gasteiger partial charge in [-0.2, -0.15) is 10.3 Å². The minimum atomic E-state index is -1.11. The van der Waals surface area contributed by atoms with Gasteiger partial charge in [0, 0.05) is 10.9 Å². The second-order valence-electron chi connectivity index (χ2n) is 3.90. The van der Waals surface area contributed by atoms with Crippen LogP contribution in [0.4, 0.5) is 0 Å². The summed E-state index contributed by atoms with van der Waals surface area (Å²) in [7, 11) is 0. The summed E-state index contributed by atoms with van der Waals surface area (Å²) in [5.41, 5.74) is 1.61. The highest BCUT2D eigenvalue weighted by molar-refractivity contribution is 6.00. The van der Waals surface area contributed by atoms with Gasteiger partial charge in [-0.25, -0.2) is 4.79 Å². The standard InChI is InChI=1S/C12H9N3O3/c1-6-5-8-7(3-2-4-9(8)18-6)10-11(12(16)17)14-15-13-10/h2-5H,1H3,(H,16,17)(H,13,14,15). The molecule has 2 N–H and O–H groups in total. The van der Waals surface area contributed by atoms with Crippen LogP contribution in [0, 0.1) is 6.92 Å². The molecular formula is C12H9N3O3. The van der Waals surface area contributed by atoms with Crippen molar-refractivity contribution in [2.24, 2.45) is 0 Å². The zero-order valence-corrected chi connectivity index (χ0v) is 9.47. The van der Waals surface area contributed by atoms with Crippen molar-refractivity contribution < 1.29 is 14.3 Å². The molecule has 0 fully saturated rings. The minimum absolute atomic E-state index is 0.0960. The number of aromatic nitrogens is 3. The van der Waals surface area contributed by atoms with Gasteiger partial charge in [0.1, 0.15) is 17.0 Å². The minimum Gasteiger partial charge on any atom is -0.476 e. The van der Waals surface area contributed by atoms with Gasteiger partial charge in [-0.05, 0) is 19.1 Å². The summed E-state index contributed by atoms with van der Waals surface area (Å²) in [6.07, 6.45) is 0. The van der Waals surface area contributed by atoms with E-state index < -0.39 is 5.97 Å². The Labute approximate surface area is 101 Å². The first-order valence-electron chi connectivity index (χ1n) is 5.30. The molecule has 0 unspecified atom stereocenters. The SMILES string of the molecule is Cc1cc2c(-c3n[nH]nc3C(=O)O)cccc2o1. The van der Waals surface area contributed by atoms with Gasteiger partial charge in [0.15, 0.2) is 5.69 Å². The molecule has 90 valence electrons. The maximum atomic E-state index is 11.1. The number of carboxylic acid groups (broad SMARTS) is 1. The lowest BCUT2D eigenvalue weighted by Gasteiger charge is -1.98. The number of aromatic carboxylic acids is 1. The summed E-state index contributed by atoms with van der Waals surface area (Å²) >= 11 is 0. The topological polar surface area (TPSA) is 92.0 Å². The second-order valence-corrected chi connectivity index (χ2v) is 3.90. The zero-order chi connectivity index (χ0) is 12.7. The number of H-pyrrole nitrogens is 1. The second kappa shape index (κ2) is 3.69. The molecule has 3 rings (SSSR count). The first kappa shape index (κ1) is 10.5. The van der Waals surface area contributed by atoms with Crippen molar-refractivity contribution in [1.29, 1.82) is 0 Å². The van der Waals surface area contributed by atoms with Crippen LogP contribution >= 0.6 is 0 Å². The van der Waals surface area contributed by atoms with Crippen molar-refractivity contribution in [3.8, 4) is 11.3 Å². The van der Waals surface area contributed by atoms with E-state index in [1.54, 1.807) is 12.1 Å². The Bertz CT molecular complexity index is 742. The van der Waals surface area contributed by atoms with Crippen molar-refractivity contribution in [2.45, 2.75) is 6.92 Å². The van der Waals surface area contributed by atoms with E-state index in [0.717, 1.165) is 11.1 Å². The number of furan rings is 1. The predicted molar refractivity (Wildman–Crippen MR) is 63.3 cm³/mol. The summed E-state index contributed by atoms with van der Waals surface area (Å²) in [6.45, 7) is 1.84. The molecule has 0 radical (unpaired) electrons. The molecule has 2 aromatic heterocycles. The Kier molecular flexibility index (Phi) is 2.16. The Morgan fingerprint density at radius 3 is 3.00 bits per heavy atom. The molecule has 0 bridgehead atoms. The Balaban J connectivity index is 2.31. The van der Waals surface area contributed by atoms with E-state index in [0.29, 0.717) is 16.8 Å². The molecule has 0 aliphatic rings. The first-order valence-corrected chi connectivity index (χ1v) is 5.30. The molecule has 1 aromatic carbocycles. The van der Waals surface area contributed by atoms with Crippen LogP contribution in [0.1, 0.15) is 16.2 Å². The van der Waals surface area contributed by atoms with Gasteiger partial charge in [0.25, 0.3) is 0 Å². The van der Waals surface area contributed by atoms with Gasteiger partial charge >= 0.3 is 5.97 Å². The molecule has 0 amide bonds. The van der Waals surface area contributed by atoms with Crippen LogP contribution in [0.15, 0.2) is 28.7 Å². The monoisotopic (exact) mass is 243 g/mol. The molecule has 18 heavy (non-hydrogen) atoms. The molecular weight excluding hydrogens is 234 g/mol. The largest absolute Gasteiger partial charge is 0.476 e. The van der Waals surface area contributed by atoms with Gasteiger partial charge in [-0.3, -0.25) is 0 Å². The molecule has 6 heteroatoms. The van der Waals surface area contributed by atoms with Crippen LogP contribution in [0.2, 0.25) is 0 Å². The fourth-order valence-corrected chi connectivity index (χ4v) is 1.96. The highest BCUT2D eigenvalue weighted by Crippen LogP contribution is 2.30. The number of aryl methyl sites for hydroxylation is 1. The zero-order valence-electron chi connectivity index (χ0n) is 9.47. The normalized spacial score (nSPS) is 10.9. The van der Waals surface area contributed by atoms with Crippen LogP contribution in [0.25, 0.3) is 22.2 Å². The fourth-order valence-electron chi connectivity index (χ4n) is 1.96. The van der Waals surface area contributed by atoms with E-state index in [9.17, 15) is 4.79 Å². The number of hydrogen-bond acceptors (Lipinski definition) is 4. The van der Waals surface area contributed by atoms with Gasteiger partial charge in [0.2, 0.25) is 0 Å². The van der Waals surface area contributed by atoms with Gasteiger partial charge in [-0.15, -0.1) is 5.10 Å². The number of fused-ring (bicyclic) bond motifs is 1. The summed E-state index contributed by atoms with van der Waals surface area (Å²) in [6, 6.07) is 7.26. The summed E-state index contributed by atoms with van der Waals surface area (Å²) in [4.78, 5) is 11.1. The number of carbonyl (C=O) groups is 1. The molecule has 0 atom stereocenters. The van der Waals surface area contributed by atoms with Crippen molar-refractivity contribution in [3.63, 3.8) is 0 Å². The van der Waals surface area contributed by atoms with Gasteiger partial charge in [0.05, 0.1) is 0 Å². The number of nitrogens with zero attached hydrogens (tertiary/aromatic N) is 2. The Morgan fingerprint density at radius 1 is 1.39 bits per heavy atom. The van der Waals surface area contributed by atoms with Crippen LogP contribution < -0.4 is 0 Å². The van der Waals surface area contributed by atoms with Crippen LogP contribution in [0.3, 0.4) is 0 Å². The van der Waals surface area contributed by atoms with Gasteiger partial charge < -0.3 is 9.52 Å². The number of nitrogens with one attached hydrogen (secondary N) is 1. The average molecular weight is 243 g/mol. The lowest BCUT2D eigenvalue weighted by molar-refractivity contribution is 0.0691. The maximum Gasteiger partial charge on any atom is 0.358 e. The van der Waals surface area contributed by atoms with E-state index in [1.165, 1.54) is 0 Å². The van der Waals surface area contributed by atoms with Crippen molar-refractivity contribution in [3.05, 3.63) is 35.7 Å². The van der Waals surface area contributed by atoms with Gasteiger partial charge in [-0.1, -0.05) is 12.1 Å². The number of rotatable bonds is 2. The molecule has 0 aliphatic carbocycles. The van der Waals surface area contributed by atoms with E-state index in [2.05, 4.69) is 15.4 Å². The average Bonchev–Trinajstić information content (AvgIpc) is 2.92. The number of aromatic amines is 1. The number of carboxylic acids is 1.